The Labute approximate surface area is 174 Å². The molecule has 4 bridgehead atoms. The number of carbonyl (C=O) groups excluding carboxylic acids is 3. The number of rotatable bonds is 7. The van der Waals surface area contributed by atoms with Gasteiger partial charge in [-0.2, -0.15) is 0 Å². The summed E-state index contributed by atoms with van der Waals surface area (Å²) in [6.07, 6.45) is 13.7. The Balaban J connectivity index is 1.16. The van der Waals surface area contributed by atoms with E-state index in [-0.39, 0.29) is 36.4 Å². The van der Waals surface area contributed by atoms with Crippen molar-refractivity contribution in [2.24, 2.45) is 23.2 Å². The zero-order chi connectivity index (χ0) is 20.4. The van der Waals surface area contributed by atoms with Crippen molar-refractivity contribution in [1.29, 1.82) is 0 Å². The van der Waals surface area contributed by atoms with Gasteiger partial charge in [0.2, 0.25) is 5.91 Å². The number of amides is 2. The van der Waals surface area contributed by atoms with Crippen LogP contribution in [-0.4, -0.2) is 48.9 Å². The zero-order valence-electron chi connectivity index (χ0n) is 17.8. The van der Waals surface area contributed by atoms with Crippen LogP contribution in [-0.2, 0) is 19.1 Å². The summed E-state index contributed by atoms with van der Waals surface area (Å²) in [5, 5.41) is 2.74. The van der Waals surface area contributed by atoms with Crippen molar-refractivity contribution >= 4 is 17.8 Å². The van der Waals surface area contributed by atoms with E-state index in [2.05, 4.69) is 5.32 Å². The Bertz CT molecular complexity index is 606. The van der Waals surface area contributed by atoms with Gasteiger partial charge >= 0.3 is 5.97 Å². The number of carbonyl (C=O) groups is 3. The smallest absolute Gasteiger partial charge is 0.325 e. The third kappa shape index (κ3) is 4.95. The van der Waals surface area contributed by atoms with Gasteiger partial charge in [-0.05, 0) is 74.5 Å². The number of nitrogens with zero attached hydrogens (tertiary/aromatic N) is 1. The van der Waals surface area contributed by atoms with Crippen LogP contribution in [0, 0.1) is 23.2 Å². The first-order valence-corrected chi connectivity index (χ1v) is 11.6. The van der Waals surface area contributed by atoms with Crippen LogP contribution in [0.5, 0.6) is 0 Å². The molecule has 2 amide bonds. The summed E-state index contributed by atoms with van der Waals surface area (Å²) < 4.78 is 5.12. The number of likely N-dealkylation sites (N-methyl/N-ethyl adjacent to an activating group) is 1. The van der Waals surface area contributed by atoms with Gasteiger partial charge in [-0.3, -0.25) is 14.4 Å². The first-order valence-electron chi connectivity index (χ1n) is 11.6. The maximum atomic E-state index is 12.5. The summed E-state index contributed by atoms with van der Waals surface area (Å²) in [6.45, 7) is -0.387. The molecule has 29 heavy (non-hydrogen) atoms. The summed E-state index contributed by atoms with van der Waals surface area (Å²) in [5.41, 5.74) is 0.168. The highest BCUT2D eigenvalue weighted by atomic mass is 16.5. The van der Waals surface area contributed by atoms with Crippen molar-refractivity contribution in [3.63, 3.8) is 0 Å². The van der Waals surface area contributed by atoms with Gasteiger partial charge in [-0.1, -0.05) is 19.3 Å². The quantitative estimate of drug-likeness (QED) is 0.662. The highest BCUT2D eigenvalue weighted by Gasteiger charge is 2.51. The lowest BCUT2D eigenvalue weighted by atomic mass is 9.49. The summed E-state index contributed by atoms with van der Waals surface area (Å²) in [5.74, 6) is 1.69. The van der Waals surface area contributed by atoms with E-state index < -0.39 is 5.97 Å². The van der Waals surface area contributed by atoms with Gasteiger partial charge in [0.05, 0.1) is 0 Å². The summed E-state index contributed by atoms with van der Waals surface area (Å²) in [6, 6.07) is 0.259. The minimum absolute atomic E-state index is 0.0467. The molecular weight excluding hydrogens is 368 g/mol. The molecule has 0 unspecified atom stereocenters. The summed E-state index contributed by atoms with van der Waals surface area (Å²) in [4.78, 5) is 38.5. The number of nitrogens with one attached hydrogen (secondary N) is 1. The van der Waals surface area contributed by atoms with Gasteiger partial charge in [-0.25, -0.2) is 0 Å². The fourth-order valence-corrected chi connectivity index (χ4v) is 7.05. The molecule has 0 spiro atoms. The third-order valence-electron chi connectivity index (χ3n) is 8.00. The minimum Gasteiger partial charge on any atom is -0.454 e. The maximum Gasteiger partial charge on any atom is 0.325 e. The molecule has 0 saturated heterocycles. The molecule has 6 nitrogen and oxygen atoms in total. The monoisotopic (exact) mass is 404 g/mol. The van der Waals surface area contributed by atoms with Crippen LogP contribution in [0.3, 0.4) is 0 Å². The molecule has 5 aliphatic carbocycles. The SMILES string of the molecule is CN(C(=O)COC(=O)CNC(=O)CC12CC3CC(CC(C3)C1)C2)C1CCCCC1. The van der Waals surface area contributed by atoms with E-state index >= 15 is 0 Å². The van der Waals surface area contributed by atoms with Crippen molar-refractivity contribution in [2.75, 3.05) is 20.2 Å². The van der Waals surface area contributed by atoms with Crippen LogP contribution >= 0.6 is 0 Å². The highest BCUT2D eigenvalue weighted by molar-refractivity contribution is 5.84. The highest BCUT2D eigenvalue weighted by Crippen LogP contribution is 2.61. The number of ether oxygens (including phenoxy) is 1. The summed E-state index contributed by atoms with van der Waals surface area (Å²) >= 11 is 0. The van der Waals surface area contributed by atoms with E-state index in [1.165, 1.54) is 44.9 Å². The fourth-order valence-electron chi connectivity index (χ4n) is 7.05. The normalized spacial score (nSPS) is 33.3. The molecule has 0 heterocycles. The van der Waals surface area contributed by atoms with Crippen molar-refractivity contribution in [3.8, 4) is 0 Å². The molecule has 5 rings (SSSR count). The van der Waals surface area contributed by atoms with Gasteiger partial charge in [0.1, 0.15) is 6.54 Å². The second-order valence-corrected chi connectivity index (χ2v) is 10.3. The molecule has 5 aliphatic rings. The Hall–Kier alpha value is -1.59. The average Bonchev–Trinajstić information content (AvgIpc) is 2.69. The summed E-state index contributed by atoms with van der Waals surface area (Å²) in [7, 11) is 1.79. The Kier molecular flexibility index (Phi) is 6.16. The predicted octanol–water partition coefficient (Wildman–Crippen LogP) is 3.04. The molecule has 0 atom stereocenters. The molecule has 0 aromatic carbocycles. The molecular formula is C23H36N2O4. The van der Waals surface area contributed by atoms with Gasteiger partial charge in [0.25, 0.3) is 5.91 Å². The molecule has 0 aromatic rings. The average molecular weight is 405 g/mol. The molecule has 0 radical (unpaired) electrons. The van der Waals surface area contributed by atoms with Gasteiger partial charge in [0, 0.05) is 19.5 Å². The molecule has 5 fully saturated rings. The molecule has 0 aromatic heterocycles. The van der Waals surface area contributed by atoms with Crippen LogP contribution in [0.2, 0.25) is 0 Å². The van der Waals surface area contributed by atoms with E-state index in [4.69, 9.17) is 4.74 Å². The topological polar surface area (TPSA) is 75.7 Å². The van der Waals surface area contributed by atoms with Crippen LogP contribution in [0.1, 0.15) is 77.0 Å². The third-order valence-corrected chi connectivity index (χ3v) is 8.00. The molecule has 1 N–H and O–H groups in total. The van der Waals surface area contributed by atoms with Gasteiger partial charge in [-0.15, -0.1) is 0 Å². The molecule has 162 valence electrons. The number of esters is 1. The second-order valence-electron chi connectivity index (χ2n) is 10.3. The maximum absolute atomic E-state index is 12.5. The van der Waals surface area contributed by atoms with Crippen LogP contribution in [0.25, 0.3) is 0 Å². The molecule has 0 aliphatic heterocycles. The predicted molar refractivity (Wildman–Crippen MR) is 109 cm³/mol. The minimum atomic E-state index is -0.533. The lowest BCUT2D eigenvalue weighted by molar-refractivity contribution is -0.152. The number of hydrogen-bond donors (Lipinski definition) is 1. The molecule has 5 saturated carbocycles. The Morgan fingerprint density at radius 3 is 2.14 bits per heavy atom. The van der Waals surface area contributed by atoms with Crippen molar-refractivity contribution < 1.29 is 19.1 Å². The Morgan fingerprint density at radius 2 is 1.55 bits per heavy atom. The van der Waals surface area contributed by atoms with Crippen molar-refractivity contribution in [3.05, 3.63) is 0 Å². The van der Waals surface area contributed by atoms with Crippen molar-refractivity contribution in [2.45, 2.75) is 83.1 Å². The van der Waals surface area contributed by atoms with Crippen molar-refractivity contribution in [1.82, 2.24) is 10.2 Å². The Morgan fingerprint density at radius 1 is 0.966 bits per heavy atom. The van der Waals surface area contributed by atoms with Crippen LogP contribution < -0.4 is 5.32 Å². The van der Waals surface area contributed by atoms with Gasteiger partial charge < -0.3 is 15.0 Å². The first-order chi connectivity index (χ1) is 13.9. The number of hydrogen-bond acceptors (Lipinski definition) is 4. The largest absolute Gasteiger partial charge is 0.454 e. The van der Waals surface area contributed by atoms with E-state index in [1.807, 2.05) is 0 Å². The fraction of sp³-hybridized carbons (Fsp3) is 0.870. The van der Waals surface area contributed by atoms with E-state index in [0.717, 1.165) is 43.4 Å². The molecule has 6 heteroatoms. The lowest BCUT2D eigenvalue weighted by Gasteiger charge is -2.56. The van der Waals surface area contributed by atoms with Crippen LogP contribution in [0.4, 0.5) is 0 Å². The second kappa shape index (κ2) is 8.65. The van der Waals surface area contributed by atoms with E-state index in [9.17, 15) is 14.4 Å². The van der Waals surface area contributed by atoms with E-state index in [0.29, 0.717) is 6.42 Å². The standard InChI is InChI=1S/C23H36N2O4/c1-25(19-5-3-2-4-6-19)21(27)15-29-22(28)14-24-20(26)13-23-10-16-7-17(11-23)9-18(8-16)12-23/h16-19H,2-15H2,1H3,(H,24,26). The zero-order valence-corrected chi connectivity index (χ0v) is 17.8. The lowest BCUT2D eigenvalue weighted by Crippen LogP contribution is -2.48. The van der Waals surface area contributed by atoms with Gasteiger partial charge in [0.15, 0.2) is 6.61 Å². The van der Waals surface area contributed by atoms with E-state index in [1.54, 1.807) is 11.9 Å². The first kappa shape index (κ1) is 20.7. The van der Waals surface area contributed by atoms with Crippen LogP contribution in [0.15, 0.2) is 0 Å².